The van der Waals surface area contributed by atoms with Gasteiger partial charge in [0.25, 0.3) is 0 Å². The predicted molar refractivity (Wildman–Crippen MR) is 66.6 cm³/mol. The summed E-state index contributed by atoms with van der Waals surface area (Å²) in [5.74, 6) is -1.46. The van der Waals surface area contributed by atoms with Gasteiger partial charge in [-0.25, -0.2) is 8.78 Å². The molecule has 94 valence electrons. The molecule has 3 atom stereocenters. The van der Waals surface area contributed by atoms with Gasteiger partial charge in [0.15, 0.2) is 11.6 Å². The van der Waals surface area contributed by atoms with Crippen molar-refractivity contribution in [3.05, 3.63) is 34.4 Å². The molecule has 0 radical (unpaired) electrons. The van der Waals surface area contributed by atoms with Crippen molar-refractivity contribution in [2.45, 2.75) is 24.3 Å². The Labute approximate surface area is 112 Å². The van der Waals surface area contributed by atoms with Gasteiger partial charge in [0.05, 0.1) is 10.9 Å². The molecule has 1 aromatic carbocycles. The summed E-state index contributed by atoms with van der Waals surface area (Å²) in [7, 11) is 0. The molecule has 1 nitrogen and oxygen atoms in total. The maximum Gasteiger partial charge on any atom is 0.160 e. The van der Waals surface area contributed by atoms with E-state index in [1.807, 2.05) is 0 Å². The molecule has 0 amide bonds. The smallest absolute Gasteiger partial charge is 0.160 e. The Hall–Kier alpha value is -0.190. The molecule has 1 aliphatic rings. The van der Waals surface area contributed by atoms with Crippen LogP contribution < -0.4 is 0 Å². The lowest BCUT2D eigenvalue weighted by Gasteiger charge is -2.22. The Balaban J connectivity index is 2.30. The summed E-state index contributed by atoms with van der Waals surface area (Å²) >= 11 is 9.39. The molecule has 1 aromatic rings. The summed E-state index contributed by atoms with van der Waals surface area (Å²) in [6.45, 7) is 2.76. The van der Waals surface area contributed by atoms with Gasteiger partial charge in [-0.15, -0.1) is 0 Å². The van der Waals surface area contributed by atoms with Gasteiger partial charge in [0.2, 0.25) is 0 Å². The predicted octanol–water partition coefficient (Wildman–Crippen LogP) is 4.48. The van der Waals surface area contributed by atoms with Crippen LogP contribution in [0.4, 0.5) is 8.78 Å². The molecule has 1 saturated heterocycles. The molecular weight excluding hydrogens is 313 g/mol. The molecule has 0 bridgehead atoms. The van der Waals surface area contributed by atoms with E-state index in [1.54, 1.807) is 0 Å². The maximum absolute atomic E-state index is 13.2. The molecule has 0 spiro atoms. The maximum atomic E-state index is 13.2. The van der Waals surface area contributed by atoms with E-state index < -0.39 is 11.6 Å². The topological polar surface area (TPSA) is 9.23 Å². The number of rotatable bonds is 2. The number of benzene rings is 1. The molecule has 1 aliphatic heterocycles. The minimum absolute atomic E-state index is 0.0580. The van der Waals surface area contributed by atoms with E-state index in [9.17, 15) is 8.78 Å². The normalized spacial score (nSPS) is 26.2. The van der Waals surface area contributed by atoms with Crippen molar-refractivity contribution in [2.75, 3.05) is 6.61 Å². The van der Waals surface area contributed by atoms with E-state index in [0.717, 1.165) is 18.6 Å². The van der Waals surface area contributed by atoms with Crippen LogP contribution in [0.3, 0.4) is 0 Å². The highest BCUT2D eigenvalue weighted by molar-refractivity contribution is 9.09. The largest absolute Gasteiger partial charge is 0.376 e. The minimum Gasteiger partial charge on any atom is -0.376 e. The van der Waals surface area contributed by atoms with Crippen molar-refractivity contribution in [1.29, 1.82) is 0 Å². The van der Waals surface area contributed by atoms with Crippen LogP contribution in [0.1, 0.15) is 23.7 Å². The fraction of sp³-hybridized carbons (Fsp3) is 0.500. The van der Waals surface area contributed by atoms with E-state index in [0.29, 0.717) is 18.1 Å². The lowest BCUT2D eigenvalue weighted by molar-refractivity contribution is 0.0934. The van der Waals surface area contributed by atoms with Gasteiger partial charge in [-0.1, -0.05) is 34.5 Å². The van der Waals surface area contributed by atoms with Crippen LogP contribution in [0.25, 0.3) is 0 Å². The van der Waals surface area contributed by atoms with Crippen molar-refractivity contribution in [1.82, 2.24) is 0 Å². The first-order valence-electron chi connectivity index (χ1n) is 5.41. The summed E-state index contributed by atoms with van der Waals surface area (Å²) in [4.78, 5) is -0.220. The quantitative estimate of drug-likeness (QED) is 0.575. The second kappa shape index (κ2) is 5.21. The first-order chi connectivity index (χ1) is 8.00. The van der Waals surface area contributed by atoms with Crippen molar-refractivity contribution in [2.24, 2.45) is 5.92 Å². The lowest BCUT2D eigenvalue weighted by Crippen LogP contribution is -2.19. The van der Waals surface area contributed by atoms with Gasteiger partial charge in [0, 0.05) is 11.6 Å². The number of alkyl halides is 1. The van der Waals surface area contributed by atoms with E-state index in [-0.39, 0.29) is 16.0 Å². The first kappa shape index (κ1) is 13.2. The van der Waals surface area contributed by atoms with Crippen LogP contribution in [-0.4, -0.2) is 12.7 Å². The number of halogens is 4. The summed E-state index contributed by atoms with van der Waals surface area (Å²) in [5.41, 5.74) is 0.532. The molecule has 0 saturated carbocycles. The number of hydrogen-bond acceptors (Lipinski definition) is 1. The zero-order valence-electron chi connectivity index (χ0n) is 9.22. The monoisotopic (exact) mass is 324 g/mol. The molecule has 0 aromatic heterocycles. The summed E-state index contributed by atoms with van der Waals surface area (Å²) in [6.07, 6.45) is 0.908. The third-order valence-corrected chi connectivity index (χ3v) is 4.41. The Morgan fingerprint density at radius 3 is 2.65 bits per heavy atom. The van der Waals surface area contributed by atoms with Crippen LogP contribution >= 0.6 is 27.5 Å². The van der Waals surface area contributed by atoms with Crippen molar-refractivity contribution >= 4 is 27.5 Å². The van der Waals surface area contributed by atoms with E-state index >= 15 is 0 Å². The van der Waals surface area contributed by atoms with E-state index in [2.05, 4.69) is 22.9 Å². The lowest BCUT2D eigenvalue weighted by atomic mass is 9.97. The van der Waals surface area contributed by atoms with Gasteiger partial charge >= 0.3 is 0 Å². The molecule has 3 unspecified atom stereocenters. The zero-order chi connectivity index (χ0) is 12.6. The van der Waals surface area contributed by atoms with Gasteiger partial charge in [-0.2, -0.15) is 0 Å². The molecule has 1 heterocycles. The van der Waals surface area contributed by atoms with E-state index in [1.165, 1.54) is 0 Å². The standard InChI is InChI=1S/C12H12BrClF2O/c1-6-2-3-17-12(6)11(13)7-4-9(15)10(16)5-8(7)14/h4-6,11-12H,2-3H2,1H3. The molecule has 2 rings (SSSR count). The van der Waals surface area contributed by atoms with Crippen LogP contribution in [0.15, 0.2) is 12.1 Å². The highest BCUT2D eigenvalue weighted by atomic mass is 79.9. The van der Waals surface area contributed by atoms with Crippen LogP contribution in [0.2, 0.25) is 5.02 Å². The summed E-state index contributed by atoms with van der Waals surface area (Å²) < 4.78 is 31.8. The fourth-order valence-electron chi connectivity index (χ4n) is 2.02. The van der Waals surface area contributed by atoms with Gasteiger partial charge in [-0.3, -0.25) is 0 Å². The second-order valence-corrected chi connectivity index (χ2v) is 5.68. The highest BCUT2D eigenvalue weighted by Gasteiger charge is 2.33. The van der Waals surface area contributed by atoms with Gasteiger partial charge in [-0.05, 0) is 30.0 Å². The second-order valence-electron chi connectivity index (χ2n) is 4.29. The molecular formula is C12H12BrClF2O. The average molecular weight is 326 g/mol. The van der Waals surface area contributed by atoms with Crippen LogP contribution in [-0.2, 0) is 4.74 Å². The third kappa shape index (κ3) is 2.64. The Morgan fingerprint density at radius 2 is 2.06 bits per heavy atom. The Morgan fingerprint density at radius 1 is 1.41 bits per heavy atom. The van der Waals surface area contributed by atoms with Gasteiger partial charge < -0.3 is 4.74 Å². The zero-order valence-corrected chi connectivity index (χ0v) is 11.6. The van der Waals surface area contributed by atoms with Crippen molar-refractivity contribution in [3.8, 4) is 0 Å². The molecule has 17 heavy (non-hydrogen) atoms. The molecule has 0 N–H and O–H groups in total. The Bertz CT molecular complexity index is 427. The van der Waals surface area contributed by atoms with Crippen molar-refractivity contribution < 1.29 is 13.5 Å². The summed E-state index contributed by atoms with van der Waals surface area (Å²) in [5, 5.41) is 0.216. The van der Waals surface area contributed by atoms with Crippen LogP contribution in [0, 0.1) is 17.6 Å². The fourth-order valence-corrected chi connectivity index (χ4v) is 3.47. The average Bonchev–Trinajstić information content (AvgIpc) is 2.69. The number of ether oxygens (including phenoxy) is 1. The SMILES string of the molecule is CC1CCOC1C(Br)c1cc(F)c(F)cc1Cl. The number of hydrogen-bond donors (Lipinski definition) is 0. The molecule has 5 heteroatoms. The van der Waals surface area contributed by atoms with Crippen molar-refractivity contribution in [3.63, 3.8) is 0 Å². The Kier molecular flexibility index (Phi) is 4.06. The van der Waals surface area contributed by atoms with Gasteiger partial charge in [0.1, 0.15) is 0 Å². The third-order valence-electron chi connectivity index (χ3n) is 3.07. The summed E-state index contributed by atoms with van der Waals surface area (Å²) in [6, 6.07) is 2.13. The molecule has 1 fully saturated rings. The first-order valence-corrected chi connectivity index (χ1v) is 6.70. The highest BCUT2D eigenvalue weighted by Crippen LogP contribution is 2.40. The van der Waals surface area contributed by atoms with Crippen LogP contribution in [0.5, 0.6) is 0 Å². The minimum atomic E-state index is -0.932. The molecule has 0 aliphatic carbocycles. The van der Waals surface area contributed by atoms with E-state index in [4.69, 9.17) is 16.3 Å².